The number of hydrogen-bond acceptors (Lipinski definition) is 2. The van der Waals surface area contributed by atoms with Crippen molar-refractivity contribution >= 4 is 11.6 Å². The van der Waals surface area contributed by atoms with Crippen LogP contribution < -0.4 is 5.73 Å². The summed E-state index contributed by atoms with van der Waals surface area (Å²) in [6, 6.07) is 4.52. The molecule has 0 fully saturated rings. The SMILES string of the molecule is NCc1cnn(-c2ccc(Cl)c(F)c2)c1. The first kappa shape index (κ1) is 10.1. The Hall–Kier alpha value is -1.39. The van der Waals surface area contributed by atoms with E-state index in [0.29, 0.717) is 12.2 Å². The number of aromatic nitrogens is 2. The molecule has 2 aromatic rings. The molecule has 0 aliphatic carbocycles. The van der Waals surface area contributed by atoms with E-state index in [-0.39, 0.29) is 5.02 Å². The molecule has 0 aliphatic heterocycles. The molecule has 0 bridgehead atoms. The van der Waals surface area contributed by atoms with Gasteiger partial charge in [0.25, 0.3) is 0 Å². The Labute approximate surface area is 91.3 Å². The number of hydrogen-bond donors (Lipinski definition) is 1. The van der Waals surface area contributed by atoms with E-state index in [1.54, 1.807) is 23.1 Å². The van der Waals surface area contributed by atoms with Gasteiger partial charge in [-0.05, 0) is 12.1 Å². The molecule has 0 spiro atoms. The first-order chi connectivity index (χ1) is 7.20. The number of nitrogens with two attached hydrogens (primary N) is 1. The lowest BCUT2D eigenvalue weighted by molar-refractivity contribution is 0.626. The Bertz CT molecular complexity index is 481. The fourth-order valence-corrected chi connectivity index (χ4v) is 1.35. The van der Waals surface area contributed by atoms with E-state index in [0.717, 1.165) is 5.56 Å². The second-order valence-corrected chi connectivity index (χ2v) is 3.50. The molecule has 78 valence electrons. The average molecular weight is 226 g/mol. The Balaban J connectivity index is 2.40. The highest BCUT2D eigenvalue weighted by atomic mass is 35.5. The topological polar surface area (TPSA) is 43.8 Å². The van der Waals surface area contributed by atoms with Crippen LogP contribution in [-0.4, -0.2) is 9.78 Å². The highest BCUT2D eigenvalue weighted by Crippen LogP contribution is 2.17. The summed E-state index contributed by atoms with van der Waals surface area (Å²) < 4.78 is 14.7. The fraction of sp³-hybridized carbons (Fsp3) is 0.100. The Morgan fingerprint density at radius 1 is 1.47 bits per heavy atom. The van der Waals surface area contributed by atoms with Gasteiger partial charge in [-0.2, -0.15) is 5.10 Å². The van der Waals surface area contributed by atoms with Crippen LogP contribution >= 0.6 is 11.6 Å². The average Bonchev–Trinajstić information content (AvgIpc) is 2.70. The summed E-state index contributed by atoms with van der Waals surface area (Å²) in [4.78, 5) is 0. The number of nitrogens with zero attached hydrogens (tertiary/aromatic N) is 2. The zero-order valence-corrected chi connectivity index (χ0v) is 8.58. The van der Waals surface area contributed by atoms with Crippen molar-refractivity contribution in [2.24, 2.45) is 5.73 Å². The summed E-state index contributed by atoms with van der Waals surface area (Å²) in [5.74, 6) is -0.459. The van der Waals surface area contributed by atoms with Crippen LogP contribution in [-0.2, 0) is 6.54 Å². The summed E-state index contributed by atoms with van der Waals surface area (Å²) in [6.07, 6.45) is 3.40. The molecule has 3 nitrogen and oxygen atoms in total. The van der Waals surface area contributed by atoms with Crippen LogP contribution in [0.2, 0.25) is 5.02 Å². The quantitative estimate of drug-likeness (QED) is 0.851. The molecule has 0 saturated carbocycles. The summed E-state index contributed by atoms with van der Waals surface area (Å²) in [5, 5.41) is 4.16. The molecule has 0 amide bonds. The maximum Gasteiger partial charge on any atom is 0.143 e. The van der Waals surface area contributed by atoms with Crippen LogP contribution in [0.25, 0.3) is 5.69 Å². The van der Waals surface area contributed by atoms with Crippen molar-refractivity contribution in [3.05, 3.63) is 47.0 Å². The van der Waals surface area contributed by atoms with Gasteiger partial charge in [-0.25, -0.2) is 9.07 Å². The molecule has 0 saturated heterocycles. The molecule has 0 unspecified atom stereocenters. The first-order valence-electron chi connectivity index (χ1n) is 4.40. The molecule has 0 atom stereocenters. The molecule has 1 aromatic carbocycles. The minimum Gasteiger partial charge on any atom is -0.326 e. The van der Waals surface area contributed by atoms with Crippen molar-refractivity contribution in [1.29, 1.82) is 0 Å². The van der Waals surface area contributed by atoms with Crippen molar-refractivity contribution in [3.63, 3.8) is 0 Å². The second-order valence-electron chi connectivity index (χ2n) is 3.10. The summed E-state index contributed by atoms with van der Waals surface area (Å²) in [5.41, 5.74) is 6.96. The summed E-state index contributed by atoms with van der Waals surface area (Å²) in [7, 11) is 0. The lowest BCUT2D eigenvalue weighted by Crippen LogP contribution is -1.96. The molecular weight excluding hydrogens is 217 g/mol. The standard InChI is InChI=1S/C10H9ClFN3/c11-9-2-1-8(3-10(9)12)15-6-7(4-13)5-14-15/h1-3,5-6H,4,13H2. The van der Waals surface area contributed by atoms with Crippen molar-refractivity contribution in [1.82, 2.24) is 9.78 Å². The smallest absolute Gasteiger partial charge is 0.143 e. The third-order valence-electron chi connectivity index (χ3n) is 2.04. The summed E-state index contributed by atoms with van der Waals surface area (Å²) in [6.45, 7) is 0.413. The van der Waals surface area contributed by atoms with Gasteiger partial charge in [0.15, 0.2) is 0 Å². The van der Waals surface area contributed by atoms with Gasteiger partial charge in [-0.15, -0.1) is 0 Å². The van der Waals surface area contributed by atoms with Crippen LogP contribution in [0.3, 0.4) is 0 Å². The van der Waals surface area contributed by atoms with E-state index < -0.39 is 5.82 Å². The Morgan fingerprint density at radius 3 is 2.87 bits per heavy atom. The van der Waals surface area contributed by atoms with Crippen molar-refractivity contribution < 1.29 is 4.39 Å². The van der Waals surface area contributed by atoms with Crippen molar-refractivity contribution in [2.45, 2.75) is 6.54 Å². The lowest BCUT2D eigenvalue weighted by atomic mass is 10.3. The van der Waals surface area contributed by atoms with Crippen molar-refractivity contribution in [3.8, 4) is 5.69 Å². The third kappa shape index (κ3) is 2.00. The molecule has 0 radical (unpaired) electrons. The van der Waals surface area contributed by atoms with Gasteiger partial charge in [0.05, 0.1) is 16.9 Å². The minimum atomic E-state index is -0.459. The lowest BCUT2D eigenvalue weighted by Gasteiger charge is -2.01. The molecule has 2 rings (SSSR count). The van der Waals surface area contributed by atoms with Crippen molar-refractivity contribution in [2.75, 3.05) is 0 Å². The highest BCUT2D eigenvalue weighted by molar-refractivity contribution is 6.30. The number of benzene rings is 1. The monoisotopic (exact) mass is 225 g/mol. The van der Waals surface area contributed by atoms with E-state index in [1.807, 2.05) is 0 Å². The van der Waals surface area contributed by atoms with E-state index >= 15 is 0 Å². The highest BCUT2D eigenvalue weighted by Gasteiger charge is 2.03. The van der Waals surface area contributed by atoms with Gasteiger partial charge in [0.1, 0.15) is 5.82 Å². The fourth-order valence-electron chi connectivity index (χ4n) is 1.23. The predicted molar refractivity (Wildman–Crippen MR) is 56.4 cm³/mol. The molecule has 15 heavy (non-hydrogen) atoms. The maximum absolute atomic E-state index is 13.2. The first-order valence-corrected chi connectivity index (χ1v) is 4.77. The minimum absolute atomic E-state index is 0.102. The van der Waals surface area contributed by atoms with Gasteiger partial charge in [0.2, 0.25) is 0 Å². The molecule has 1 aromatic heterocycles. The van der Waals surface area contributed by atoms with Crippen LogP contribution in [0.1, 0.15) is 5.56 Å². The van der Waals surface area contributed by atoms with E-state index in [9.17, 15) is 4.39 Å². The predicted octanol–water partition coefficient (Wildman–Crippen LogP) is 2.12. The largest absolute Gasteiger partial charge is 0.326 e. The summed E-state index contributed by atoms with van der Waals surface area (Å²) >= 11 is 5.58. The van der Waals surface area contributed by atoms with Gasteiger partial charge in [-0.3, -0.25) is 0 Å². The molecule has 0 aliphatic rings. The van der Waals surface area contributed by atoms with Crippen LogP contribution in [0.4, 0.5) is 4.39 Å². The van der Waals surface area contributed by atoms with Crippen LogP contribution in [0.15, 0.2) is 30.6 Å². The second kappa shape index (κ2) is 4.00. The van der Waals surface area contributed by atoms with E-state index in [4.69, 9.17) is 17.3 Å². The van der Waals surface area contributed by atoms with E-state index in [1.165, 1.54) is 12.1 Å². The van der Waals surface area contributed by atoms with Gasteiger partial charge in [-0.1, -0.05) is 11.6 Å². The Kier molecular flexibility index (Phi) is 2.70. The van der Waals surface area contributed by atoms with Crippen LogP contribution in [0, 0.1) is 5.82 Å². The molecule has 2 N–H and O–H groups in total. The van der Waals surface area contributed by atoms with E-state index in [2.05, 4.69) is 5.10 Å². The zero-order chi connectivity index (χ0) is 10.8. The van der Waals surface area contributed by atoms with Gasteiger partial charge < -0.3 is 5.73 Å². The maximum atomic E-state index is 13.2. The molecule has 1 heterocycles. The normalized spacial score (nSPS) is 10.6. The third-order valence-corrected chi connectivity index (χ3v) is 2.35. The molecular formula is C10H9ClFN3. The number of halogens is 2. The number of rotatable bonds is 2. The van der Waals surface area contributed by atoms with Crippen LogP contribution in [0.5, 0.6) is 0 Å². The Morgan fingerprint density at radius 2 is 2.27 bits per heavy atom. The van der Waals surface area contributed by atoms with Gasteiger partial charge >= 0.3 is 0 Å². The van der Waals surface area contributed by atoms with Gasteiger partial charge in [0, 0.05) is 24.4 Å². The zero-order valence-electron chi connectivity index (χ0n) is 7.82. The molecule has 5 heteroatoms.